The Morgan fingerprint density at radius 1 is 0.913 bits per heavy atom. The Hall–Kier alpha value is -1.75. The van der Waals surface area contributed by atoms with Gasteiger partial charge in [0, 0.05) is 18.9 Å². The lowest BCUT2D eigenvalue weighted by atomic mass is 10.2. The van der Waals surface area contributed by atoms with Crippen molar-refractivity contribution in [3.8, 4) is 11.5 Å². The molecule has 120 valence electrons. The molecule has 0 aliphatic heterocycles. The highest BCUT2D eigenvalue weighted by Crippen LogP contribution is 2.38. The summed E-state index contributed by atoms with van der Waals surface area (Å²) < 4.78 is 5.64. The number of imide groups is 1. The second-order valence-electron chi connectivity index (χ2n) is 4.67. The van der Waals surface area contributed by atoms with Gasteiger partial charge in [-0.05, 0) is 36.4 Å². The van der Waals surface area contributed by atoms with Crippen molar-refractivity contribution in [3.63, 3.8) is 0 Å². The molecule has 2 rings (SSSR count). The van der Waals surface area contributed by atoms with Gasteiger partial charge in [-0.25, -0.2) is 0 Å². The summed E-state index contributed by atoms with van der Waals surface area (Å²) in [4.78, 5) is 24.1. The van der Waals surface area contributed by atoms with Crippen molar-refractivity contribution in [1.82, 2.24) is 0 Å². The highest BCUT2D eigenvalue weighted by Gasteiger charge is 2.16. The van der Waals surface area contributed by atoms with Crippen molar-refractivity contribution in [3.05, 3.63) is 51.5 Å². The molecule has 0 saturated carbocycles. The monoisotopic (exact) mass is 371 g/mol. The van der Waals surface area contributed by atoms with Crippen LogP contribution in [-0.2, 0) is 9.59 Å². The van der Waals surface area contributed by atoms with Crippen molar-refractivity contribution in [2.24, 2.45) is 0 Å². The second-order valence-corrected chi connectivity index (χ2v) is 5.92. The predicted octanol–water partition coefficient (Wildman–Crippen LogP) is 5.34. The normalized spacial score (nSPS) is 10.3. The summed E-state index contributed by atoms with van der Waals surface area (Å²) in [5.74, 6) is -0.00248. The predicted molar refractivity (Wildman–Crippen MR) is 91.8 cm³/mol. The fraction of sp³-hybridized carbons (Fsp3) is 0.125. The van der Waals surface area contributed by atoms with Crippen LogP contribution in [0.1, 0.15) is 13.8 Å². The van der Waals surface area contributed by atoms with Gasteiger partial charge < -0.3 is 4.74 Å². The van der Waals surface area contributed by atoms with Gasteiger partial charge in [0.05, 0.1) is 15.7 Å². The molecule has 2 aromatic rings. The molecule has 0 unspecified atom stereocenters. The number of ether oxygens (including phenoxy) is 1. The number of carbonyl (C=O) groups excluding carboxylic acids is 2. The fourth-order valence-electron chi connectivity index (χ4n) is 1.99. The molecule has 0 N–H and O–H groups in total. The Morgan fingerprint density at radius 3 is 1.83 bits per heavy atom. The van der Waals surface area contributed by atoms with Gasteiger partial charge in [-0.15, -0.1) is 0 Å². The molecule has 0 bridgehead atoms. The molecule has 7 heteroatoms. The topological polar surface area (TPSA) is 46.6 Å². The molecule has 0 atom stereocenters. The van der Waals surface area contributed by atoms with Gasteiger partial charge in [-0.3, -0.25) is 14.5 Å². The molecule has 0 fully saturated rings. The summed E-state index contributed by atoms with van der Waals surface area (Å²) in [5, 5.41) is 0.961. The third-order valence-corrected chi connectivity index (χ3v) is 3.69. The van der Waals surface area contributed by atoms with E-state index in [9.17, 15) is 9.59 Å². The van der Waals surface area contributed by atoms with Crippen LogP contribution in [0.3, 0.4) is 0 Å². The van der Waals surface area contributed by atoms with Crippen LogP contribution in [0, 0.1) is 0 Å². The standard InChI is InChI=1S/C16H12Cl3NO3/c1-9(21)20(10(2)22)12-3-5-13(6-4-12)23-16-14(18)7-11(17)8-15(16)19/h3-8H,1-2H3. The van der Waals surface area contributed by atoms with Gasteiger partial charge in [-0.2, -0.15) is 0 Å². The first kappa shape index (κ1) is 17.6. The van der Waals surface area contributed by atoms with E-state index in [1.807, 2.05) is 0 Å². The number of halogens is 3. The summed E-state index contributed by atoms with van der Waals surface area (Å²) in [5.41, 5.74) is 0.450. The van der Waals surface area contributed by atoms with Crippen LogP contribution in [0.15, 0.2) is 36.4 Å². The zero-order chi connectivity index (χ0) is 17.1. The van der Waals surface area contributed by atoms with E-state index in [1.54, 1.807) is 24.3 Å². The zero-order valence-corrected chi connectivity index (χ0v) is 14.5. The quantitative estimate of drug-likeness (QED) is 0.730. The molecule has 23 heavy (non-hydrogen) atoms. The molecule has 2 aromatic carbocycles. The molecule has 0 heterocycles. The van der Waals surface area contributed by atoms with Gasteiger partial charge in [0.2, 0.25) is 11.8 Å². The Morgan fingerprint density at radius 2 is 1.39 bits per heavy atom. The van der Waals surface area contributed by atoms with E-state index in [2.05, 4.69) is 0 Å². The van der Waals surface area contributed by atoms with Crippen LogP contribution >= 0.6 is 34.8 Å². The number of nitrogens with zero attached hydrogens (tertiary/aromatic N) is 1. The van der Waals surface area contributed by atoms with Crippen molar-refractivity contribution < 1.29 is 14.3 Å². The van der Waals surface area contributed by atoms with Crippen molar-refractivity contribution >= 4 is 52.3 Å². The van der Waals surface area contributed by atoms with Gasteiger partial charge in [-0.1, -0.05) is 34.8 Å². The molecular weight excluding hydrogens is 361 g/mol. The van der Waals surface area contributed by atoms with Gasteiger partial charge in [0.25, 0.3) is 0 Å². The average Bonchev–Trinajstić information content (AvgIpc) is 2.43. The molecule has 0 spiro atoms. The molecular formula is C16H12Cl3NO3. The van der Waals surface area contributed by atoms with Crippen molar-refractivity contribution in [1.29, 1.82) is 0 Å². The van der Waals surface area contributed by atoms with Gasteiger partial charge in [0.15, 0.2) is 5.75 Å². The van der Waals surface area contributed by atoms with E-state index < -0.39 is 0 Å². The highest BCUT2D eigenvalue weighted by atomic mass is 35.5. The molecule has 4 nitrogen and oxygen atoms in total. The summed E-state index contributed by atoms with van der Waals surface area (Å²) in [6.07, 6.45) is 0. The van der Waals surface area contributed by atoms with Crippen molar-refractivity contribution in [2.45, 2.75) is 13.8 Å². The van der Waals surface area contributed by atoms with Crippen molar-refractivity contribution in [2.75, 3.05) is 4.90 Å². The SMILES string of the molecule is CC(=O)N(C(C)=O)c1ccc(Oc2c(Cl)cc(Cl)cc2Cl)cc1. The fourth-order valence-corrected chi connectivity index (χ4v) is 2.89. The zero-order valence-electron chi connectivity index (χ0n) is 12.3. The van der Waals surface area contributed by atoms with E-state index in [-0.39, 0.29) is 27.6 Å². The molecule has 0 radical (unpaired) electrons. The molecule has 0 saturated heterocycles. The first-order valence-electron chi connectivity index (χ1n) is 6.53. The highest BCUT2D eigenvalue weighted by molar-refractivity contribution is 6.40. The Kier molecular flexibility index (Phi) is 5.52. The number of amides is 2. The summed E-state index contributed by atoms with van der Waals surface area (Å²) in [6, 6.07) is 9.44. The maximum atomic E-state index is 11.5. The van der Waals surface area contributed by atoms with E-state index in [1.165, 1.54) is 26.0 Å². The Labute approximate surface area is 148 Å². The van der Waals surface area contributed by atoms with Crippen LogP contribution in [0.25, 0.3) is 0 Å². The van der Waals surface area contributed by atoms with E-state index >= 15 is 0 Å². The largest absolute Gasteiger partial charge is 0.454 e. The first-order chi connectivity index (χ1) is 10.8. The maximum absolute atomic E-state index is 11.5. The number of carbonyl (C=O) groups is 2. The van der Waals surface area contributed by atoms with Crippen LogP contribution in [-0.4, -0.2) is 11.8 Å². The van der Waals surface area contributed by atoms with E-state index in [0.717, 1.165) is 4.90 Å². The number of anilines is 1. The van der Waals surface area contributed by atoms with Gasteiger partial charge >= 0.3 is 0 Å². The third kappa shape index (κ3) is 4.16. The molecule has 0 aromatic heterocycles. The number of rotatable bonds is 3. The lowest BCUT2D eigenvalue weighted by molar-refractivity contribution is -0.124. The minimum Gasteiger partial charge on any atom is -0.454 e. The summed E-state index contributed by atoms with van der Waals surface area (Å²) in [6.45, 7) is 2.64. The first-order valence-corrected chi connectivity index (χ1v) is 7.66. The van der Waals surface area contributed by atoms with Gasteiger partial charge in [0.1, 0.15) is 5.75 Å². The van der Waals surface area contributed by atoms with Crippen LogP contribution < -0.4 is 9.64 Å². The Bertz CT molecular complexity index is 723. The average molecular weight is 373 g/mol. The molecule has 2 amide bonds. The smallest absolute Gasteiger partial charge is 0.230 e. The minimum absolute atomic E-state index is 0.278. The van der Waals surface area contributed by atoms with E-state index in [4.69, 9.17) is 39.5 Å². The minimum atomic E-state index is -0.366. The second kappa shape index (κ2) is 7.21. The number of hydrogen-bond acceptors (Lipinski definition) is 3. The molecule has 0 aliphatic rings. The Balaban J connectivity index is 2.27. The lowest BCUT2D eigenvalue weighted by Gasteiger charge is -2.17. The lowest BCUT2D eigenvalue weighted by Crippen LogP contribution is -2.32. The summed E-state index contributed by atoms with van der Waals surface area (Å²) in [7, 11) is 0. The van der Waals surface area contributed by atoms with Crippen LogP contribution in [0.4, 0.5) is 5.69 Å². The third-order valence-electron chi connectivity index (χ3n) is 2.91. The maximum Gasteiger partial charge on any atom is 0.230 e. The van der Waals surface area contributed by atoms with Crippen LogP contribution in [0.2, 0.25) is 15.1 Å². The molecule has 0 aliphatic carbocycles. The van der Waals surface area contributed by atoms with E-state index in [0.29, 0.717) is 16.5 Å². The summed E-state index contributed by atoms with van der Waals surface area (Å²) >= 11 is 18.0. The number of benzene rings is 2. The van der Waals surface area contributed by atoms with Crippen LogP contribution in [0.5, 0.6) is 11.5 Å². The number of hydrogen-bond donors (Lipinski definition) is 0.